The number of hydrogen-bond acceptors (Lipinski definition) is 2. The van der Waals surface area contributed by atoms with Gasteiger partial charge in [0.2, 0.25) is 0 Å². The Hall–Kier alpha value is -1.42. The Morgan fingerprint density at radius 3 is 2.50 bits per heavy atom. The maximum absolute atomic E-state index is 12.4. The van der Waals surface area contributed by atoms with Crippen molar-refractivity contribution in [1.82, 2.24) is 4.90 Å². The summed E-state index contributed by atoms with van der Waals surface area (Å²) >= 11 is 5.50. The Balaban J connectivity index is 2.56. The maximum atomic E-state index is 12.4. The van der Waals surface area contributed by atoms with Crippen LogP contribution in [0.15, 0.2) is 18.2 Å². The number of amides is 1. The molecule has 1 aromatic carbocycles. The van der Waals surface area contributed by atoms with Gasteiger partial charge in [0, 0.05) is 6.54 Å². The molecule has 0 atom stereocenters. The van der Waals surface area contributed by atoms with Gasteiger partial charge in [-0.2, -0.15) is 0 Å². The van der Waals surface area contributed by atoms with Crippen molar-refractivity contribution >= 4 is 28.9 Å². The van der Waals surface area contributed by atoms with Crippen LogP contribution in [0.3, 0.4) is 0 Å². The molecule has 1 aliphatic rings. The summed E-state index contributed by atoms with van der Waals surface area (Å²) < 4.78 is 0. The molecule has 1 saturated heterocycles. The first kappa shape index (κ1) is 15.0. The first-order valence-electron chi connectivity index (χ1n) is 7.24. The van der Waals surface area contributed by atoms with Crippen molar-refractivity contribution < 1.29 is 4.79 Å². The van der Waals surface area contributed by atoms with Crippen molar-refractivity contribution in [1.29, 1.82) is 0 Å². The van der Waals surface area contributed by atoms with Crippen LogP contribution in [-0.2, 0) is 11.2 Å². The molecule has 2 rings (SSSR count). The molecule has 20 heavy (non-hydrogen) atoms. The fourth-order valence-electron chi connectivity index (χ4n) is 2.65. The summed E-state index contributed by atoms with van der Waals surface area (Å²) in [5.41, 5.74) is 3.39. The zero-order chi connectivity index (χ0) is 14.9. The number of para-hydroxylation sites is 1. The monoisotopic (exact) mass is 290 g/mol. The lowest BCUT2D eigenvalue weighted by Crippen LogP contribution is -2.34. The van der Waals surface area contributed by atoms with E-state index in [4.69, 9.17) is 12.2 Å². The van der Waals surface area contributed by atoms with E-state index in [0.717, 1.165) is 18.7 Å². The third kappa shape index (κ3) is 2.44. The minimum atomic E-state index is 0.0830. The normalized spacial score (nSPS) is 15.7. The minimum absolute atomic E-state index is 0.0830. The quantitative estimate of drug-likeness (QED) is 0.795. The Morgan fingerprint density at radius 2 is 2.00 bits per heavy atom. The molecule has 0 N–H and O–H groups in total. The Morgan fingerprint density at radius 1 is 1.30 bits per heavy atom. The van der Waals surface area contributed by atoms with Crippen LogP contribution in [0.4, 0.5) is 5.69 Å². The molecule has 3 nitrogen and oxygen atoms in total. The Bertz CT molecular complexity index is 539. The SMILES string of the molecule is CCc1cccc(C(C)C)c1N1C(=O)CN(CC)C1=S. The highest BCUT2D eigenvalue weighted by Gasteiger charge is 2.35. The zero-order valence-corrected chi connectivity index (χ0v) is 13.5. The largest absolute Gasteiger partial charge is 0.339 e. The maximum Gasteiger partial charge on any atom is 0.252 e. The van der Waals surface area contributed by atoms with Crippen molar-refractivity contribution in [2.24, 2.45) is 0 Å². The molecule has 4 heteroatoms. The summed E-state index contributed by atoms with van der Waals surface area (Å²) in [6.45, 7) is 9.61. The fourth-order valence-corrected chi connectivity index (χ4v) is 3.04. The standard InChI is InChI=1S/C16H22N2OS/c1-5-12-8-7-9-13(11(3)4)15(12)18-14(19)10-17(6-2)16(18)20/h7-9,11H,5-6,10H2,1-4H3. The number of rotatable bonds is 4. The van der Waals surface area contributed by atoms with Crippen molar-refractivity contribution in [2.75, 3.05) is 18.0 Å². The van der Waals surface area contributed by atoms with Gasteiger partial charge in [0.1, 0.15) is 0 Å². The van der Waals surface area contributed by atoms with Gasteiger partial charge in [-0.1, -0.05) is 39.0 Å². The van der Waals surface area contributed by atoms with Crippen LogP contribution in [-0.4, -0.2) is 29.0 Å². The number of benzene rings is 1. The van der Waals surface area contributed by atoms with Crippen LogP contribution in [0, 0.1) is 0 Å². The number of aryl methyl sites for hydroxylation is 1. The molecule has 1 fully saturated rings. The number of nitrogens with zero attached hydrogens (tertiary/aromatic N) is 2. The van der Waals surface area contributed by atoms with Gasteiger partial charge in [0.05, 0.1) is 12.2 Å². The van der Waals surface area contributed by atoms with E-state index in [1.54, 1.807) is 4.90 Å². The van der Waals surface area contributed by atoms with Crippen molar-refractivity contribution in [3.05, 3.63) is 29.3 Å². The average molecular weight is 290 g/mol. The van der Waals surface area contributed by atoms with Crippen LogP contribution in [0.25, 0.3) is 0 Å². The lowest BCUT2D eigenvalue weighted by Gasteiger charge is -2.25. The van der Waals surface area contributed by atoms with Crippen molar-refractivity contribution in [2.45, 2.75) is 40.0 Å². The highest BCUT2D eigenvalue weighted by Crippen LogP contribution is 2.34. The number of likely N-dealkylation sites (N-methyl/N-ethyl adjacent to an activating group) is 1. The Kier molecular flexibility index (Phi) is 4.43. The number of anilines is 1. The summed E-state index contributed by atoms with van der Waals surface area (Å²) in [6, 6.07) is 6.26. The van der Waals surface area contributed by atoms with E-state index >= 15 is 0 Å². The van der Waals surface area contributed by atoms with E-state index in [2.05, 4.69) is 39.0 Å². The third-order valence-electron chi connectivity index (χ3n) is 3.80. The van der Waals surface area contributed by atoms with Gasteiger partial charge in [-0.15, -0.1) is 0 Å². The molecular weight excluding hydrogens is 268 g/mol. The van der Waals surface area contributed by atoms with E-state index in [0.29, 0.717) is 17.6 Å². The topological polar surface area (TPSA) is 23.6 Å². The second-order valence-corrected chi connectivity index (χ2v) is 5.75. The lowest BCUT2D eigenvalue weighted by atomic mass is 9.96. The van der Waals surface area contributed by atoms with Gasteiger partial charge >= 0.3 is 0 Å². The zero-order valence-electron chi connectivity index (χ0n) is 12.6. The van der Waals surface area contributed by atoms with E-state index in [9.17, 15) is 4.79 Å². The molecule has 0 spiro atoms. The molecule has 1 aliphatic heterocycles. The fraction of sp³-hybridized carbons (Fsp3) is 0.500. The number of carbonyl (C=O) groups is 1. The van der Waals surface area contributed by atoms with Gasteiger partial charge in [0.25, 0.3) is 5.91 Å². The predicted molar refractivity (Wildman–Crippen MR) is 87.2 cm³/mol. The van der Waals surface area contributed by atoms with E-state index < -0.39 is 0 Å². The first-order valence-corrected chi connectivity index (χ1v) is 7.65. The molecule has 0 bridgehead atoms. The minimum Gasteiger partial charge on any atom is -0.339 e. The summed E-state index contributed by atoms with van der Waals surface area (Å²) in [6.07, 6.45) is 0.897. The van der Waals surface area contributed by atoms with Crippen LogP contribution < -0.4 is 4.90 Å². The molecule has 1 aromatic rings. The van der Waals surface area contributed by atoms with Crippen molar-refractivity contribution in [3.63, 3.8) is 0 Å². The van der Waals surface area contributed by atoms with E-state index in [1.807, 2.05) is 11.8 Å². The van der Waals surface area contributed by atoms with Gasteiger partial charge in [0.15, 0.2) is 5.11 Å². The van der Waals surface area contributed by atoms with Gasteiger partial charge in [-0.3, -0.25) is 9.69 Å². The van der Waals surface area contributed by atoms with Crippen LogP contribution in [0.1, 0.15) is 44.7 Å². The first-order chi connectivity index (χ1) is 9.51. The molecule has 1 heterocycles. The van der Waals surface area contributed by atoms with E-state index in [-0.39, 0.29) is 5.91 Å². The van der Waals surface area contributed by atoms with E-state index in [1.165, 1.54) is 11.1 Å². The third-order valence-corrected chi connectivity index (χ3v) is 4.24. The molecule has 108 valence electrons. The molecular formula is C16H22N2OS. The molecule has 0 radical (unpaired) electrons. The van der Waals surface area contributed by atoms with Crippen LogP contribution >= 0.6 is 12.2 Å². The average Bonchev–Trinajstić information content (AvgIpc) is 2.72. The summed E-state index contributed by atoms with van der Waals surface area (Å²) in [5, 5.41) is 0.639. The smallest absolute Gasteiger partial charge is 0.252 e. The highest BCUT2D eigenvalue weighted by molar-refractivity contribution is 7.80. The molecule has 0 aliphatic carbocycles. The van der Waals surface area contributed by atoms with Crippen LogP contribution in [0.2, 0.25) is 0 Å². The summed E-state index contributed by atoms with van der Waals surface area (Å²) in [5.74, 6) is 0.447. The second kappa shape index (κ2) is 5.92. The lowest BCUT2D eigenvalue weighted by molar-refractivity contribution is -0.116. The number of carbonyl (C=O) groups excluding carboxylic acids is 1. The van der Waals surface area contributed by atoms with Gasteiger partial charge in [-0.05, 0) is 42.6 Å². The highest BCUT2D eigenvalue weighted by atomic mass is 32.1. The molecule has 1 amide bonds. The molecule has 0 unspecified atom stereocenters. The Labute approximate surface area is 126 Å². The van der Waals surface area contributed by atoms with Gasteiger partial charge < -0.3 is 4.90 Å². The number of hydrogen-bond donors (Lipinski definition) is 0. The summed E-state index contributed by atoms with van der Waals surface area (Å²) in [4.78, 5) is 16.1. The number of thiocarbonyl (C=S) groups is 1. The van der Waals surface area contributed by atoms with Gasteiger partial charge in [-0.25, -0.2) is 0 Å². The van der Waals surface area contributed by atoms with Crippen LogP contribution in [0.5, 0.6) is 0 Å². The molecule has 0 saturated carbocycles. The predicted octanol–water partition coefficient (Wildman–Crippen LogP) is 3.33. The summed E-state index contributed by atoms with van der Waals surface area (Å²) in [7, 11) is 0. The molecule has 0 aromatic heterocycles. The van der Waals surface area contributed by atoms with Crippen molar-refractivity contribution in [3.8, 4) is 0 Å². The second-order valence-electron chi connectivity index (χ2n) is 5.39.